The summed E-state index contributed by atoms with van der Waals surface area (Å²) in [6.07, 6.45) is 0. The summed E-state index contributed by atoms with van der Waals surface area (Å²) in [5.41, 5.74) is 1.59. The number of hydrogen-bond donors (Lipinski definition) is 1. The maximum absolute atomic E-state index is 12.5. The summed E-state index contributed by atoms with van der Waals surface area (Å²) in [5, 5.41) is 10.4. The lowest BCUT2D eigenvalue weighted by Gasteiger charge is -2.07. The van der Waals surface area contributed by atoms with Crippen molar-refractivity contribution in [3.05, 3.63) is 81.6 Å². The molecule has 1 heterocycles. The first-order valence-electron chi connectivity index (χ1n) is 7.98. The third-order valence-electron chi connectivity index (χ3n) is 3.91. The summed E-state index contributed by atoms with van der Waals surface area (Å²) in [6.45, 7) is 1.36. The van der Waals surface area contributed by atoms with Gasteiger partial charge in [0.25, 0.3) is 5.91 Å². The lowest BCUT2D eigenvalue weighted by Crippen LogP contribution is -2.16. The first-order chi connectivity index (χ1) is 12.9. The van der Waals surface area contributed by atoms with Gasteiger partial charge in [0.2, 0.25) is 0 Å². The number of amidine groups is 1. The molecule has 0 unspecified atom stereocenters. The number of carbonyl (C=O) groups is 2. The van der Waals surface area contributed by atoms with Crippen LogP contribution < -0.4 is 0 Å². The van der Waals surface area contributed by atoms with E-state index in [2.05, 4.69) is 9.98 Å². The van der Waals surface area contributed by atoms with Crippen molar-refractivity contribution in [2.75, 3.05) is 7.11 Å². The van der Waals surface area contributed by atoms with E-state index in [1.165, 1.54) is 20.1 Å². The van der Waals surface area contributed by atoms with E-state index in [4.69, 9.17) is 16.3 Å². The number of aliphatic hydroxyl groups is 1. The summed E-state index contributed by atoms with van der Waals surface area (Å²) in [4.78, 5) is 33.0. The minimum absolute atomic E-state index is 0.0784. The molecule has 0 aromatic heterocycles. The van der Waals surface area contributed by atoms with E-state index >= 15 is 0 Å². The van der Waals surface area contributed by atoms with Crippen molar-refractivity contribution in [2.45, 2.75) is 6.92 Å². The van der Waals surface area contributed by atoms with E-state index in [0.717, 1.165) is 0 Å². The Balaban J connectivity index is 2.12. The molecule has 1 N–H and O–H groups in total. The van der Waals surface area contributed by atoms with Crippen LogP contribution in [0.5, 0.6) is 0 Å². The first kappa shape index (κ1) is 18.5. The van der Waals surface area contributed by atoms with Gasteiger partial charge < -0.3 is 9.84 Å². The quantitative estimate of drug-likeness (QED) is 0.497. The van der Waals surface area contributed by atoms with Gasteiger partial charge in [-0.05, 0) is 25.1 Å². The van der Waals surface area contributed by atoms with Crippen molar-refractivity contribution in [3.63, 3.8) is 0 Å². The number of esters is 1. The van der Waals surface area contributed by atoms with Crippen LogP contribution >= 0.6 is 11.6 Å². The van der Waals surface area contributed by atoms with E-state index < -0.39 is 11.9 Å². The molecule has 0 radical (unpaired) electrons. The predicted octanol–water partition coefficient (Wildman–Crippen LogP) is 3.73. The molecule has 0 fully saturated rings. The molecule has 136 valence electrons. The molecule has 2 aromatic rings. The summed E-state index contributed by atoms with van der Waals surface area (Å²) in [7, 11) is 1.21. The van der Waals surface area contributed by atoms with Crippen LogP contribution in [0.4, 0.5) is 0 Å². The molecular formula is C20H15ClN2O4. The van der Waals surface area contributed by atoms with E-state index in [1.54, 1.807) is 42.5 Å². The molecule has 1 amide bonds. The molecule has 0 saturated carbocycles. The number of aliphatic hydroxyl groups excluding tert-OH is 1. The smallest absolute Gasteiger partial charge is 0.343 e. The zero-order valence-electron chi connectivity index (χ0n) is 14.6. The van der Waals surface area contributed by atoms with Crippen molar-refractivity contribution in [2.24, 2.45) is 9.98 Å². The topological polar surface area (TPSA) is 88.3 Å². The minimum atomic E-state index is -0.731. The van der Waals surface area contributed by atoms with Crippen molar-refractivity contribution >= 4 is 35.0 Å². The number of methoxy groups -OCH3 is 1. The Hall–Kier alpha value is -3.25. The lowest BCUT2D eigenvalue weighted by molar-refractivity contribution is -0.135. The van der Waals surface area contributed by atoms with Gasteiger partial charge >= 0.3 is 5.97 Å². The summed E-state index contributed by atoms with van der Waals surface area (Å²) < 4.78 is 4.74. The molecule has 0 atom stereocenters. The van der Waals surface area contributed by atoms with Crippen LogP contribution in [-0.2, 0) is 9.53 Å². The van der Waals surface area contributed by atoms with Gasteiger partial charge in [0.15, 0.2) is 5.84 Å². The summed E-state index contributed by atoms with van der Waals surface area (Å²) in [5.74, 6) is -1.34. The molecule has 1 aliphatic rings. The number of halogens is 1. The second kappa shape index (κ2) is 7.55. The number of hydrogen-bond acceptors (Lipinski definition) is 4. The number of fused-ring (bicyclic) bond motifs is 1. The standard InChI is InChI=1S/C20H15ClN2O4/c1-11(24)16(20(26)27-2)17-14-8-3-4-9-15(14)18(22-17)23-19(25)12-6-5-7-13(21)10-12/h3-10,24H,1-2H3/b16-11+,23-18?. The number of benzene rings is 2. The molecule has 3 rings (SSSR count). The SMILES string of the molecule is COC(=O)/C(C1=NC(=NC(=O)c2cccc(Cl)c2)c2ccccc21)=C(\C)O. The number of nitrogens with zero attached hydrogens (tertiary/aromatic N) is 2. The van der Waals surface area contributed by atoms with Crippen molar-refractivity contribution in [3.8, 4) is 0 Å². The van der Waals surface area contributed by atoms with Gasteiger partial charge in [0.1, 0.15) is 11.3 Å². The van der Waals surface area contributed by atoms with Gasteiger partial charge in [0.05, 0.1) is 12.8 Å². The van der Waals surface area contributed by atoms with Gasteiger partial charge in [-0.1, -0.05) is 41.9 Å². The van der Waals surface area contributed by atoms with Crippen molar-refractivity contribution in [1.29, 1.82) is 0 Å². The monoisotopic (exact) mass is 382 g/mol. The zero-order valence-corrected chi connectivity index (χ0v) is 15.3. The van der Waals surface area contributed by atoms with Crippen molar-refractivity contribution < 1.29 is 19.4 Å². The van der Waals surface area contributed by atoms with Crippen LogP contribution in [0.25, 0.3) is 0 Å². The fourth-order valence-electron chi connectivity index (χ4n) is 2.69. The fourth-order valence-corrected chi connectivity index (χ4v) is 2.88. The molecule has 27 heavy (non-hydrogen) atoms. The third kappa shape index (κ3) is 3.66. The van der Waals surface area contributed by atoms with E-state index in [0.29, 0.717) is 21.7 Å². The molecule has 0 saturated heterocycles. The number of aliphatic imine (C=N–C) groups is 2. The Bertz CT molecular complexity index is 1030. The molecular weight excluding hydrogens is 368 g/mol. The highest BCUT2D eigenvalue weighted by Gasteiger charge is 2.30. The van der Waals surface area contributed by atoms with E-state index in [9.17, 15) is 14.7 Å². The second-order valence-electron chi connectivity index (χ2n) is 5.71. The molecule has 2 aromatic carbocycles. The zero-order chi connectivity index (χ0) is 19.6. The molecule has 7 heteroatoms. The highest BCUT2D eigenvalue weighted by molar-refractivity contribution is 6.36. The molecule has 0 spiro atoms. The van der Waals surface area contributed by atoms with E-state index in [-0.39, 0.29) is 22.9 Å². The van der Waals surface area contributed by atoms with Crippen LogP contribution in [-0.4, -0.2) is 35.6 Å². The average molecular weight is 383 g/mol. The predicted molar refractivity (Wildman–Crippen MR) is 103 cm³/mol. The van der Waals surface area contributed by atoms with Crippen LogP contribution in [0, 0.1) is 0 Å². The highest BCUT2D eigenvalue weighted by atomic mass is 35.5. The van der Waals surface area contributed by atoms with Gasteiger partial charge in [-0.2, -0.15) is 4.99 Å². The van der Waals surface area contributed by atoms with Crippen LogP contribution in [0.3, 0.4) is 0 Å². The van der Waals surface area contributed by atoms with Gasteiger partial charge in [-0.25, -0.2) is 9.79 Å². The molecule has 0 bridgehead atoms. The van der Waals surface area contributed by atoms with Crippen LogP contribution in [0.15, 0.2) is 69.8 Å². The third-order valence-corrected chi connectivity index (χ3v) is 4.14. The Morgan fingerprint density at radius 3 is 2.44 bits per heavy atom. The van der Waals surface area contributed by atoms with Gasteiger partial charge in [-0.3, -0.25) is 4.79 Å². The summed E-state index contributed by atoms with van der Waals surface area (Å²) in [6, 6.07) is 13.4. The summed E-state index contributed by atoms with van der Waals surface area (Å²) >= 11 is 5.92. The maximum Gasteiger partial charge on any atom is 0.343 e. The molecule has 0 aliphatic carbocycles. The number of amides is 1. The van der Waals surface area contributed by atoms with Crippen LogP contribution in [0.2, 0.25) is 5.02 Å². The number of ether oxygens (including phenoxy) is 1. The fraction of sp³-hybridized carbons (Fsp3) is 0.100. The Kier molecular flexibility index (Phi) is 5.19. The Morgan fingerprint density at radius 2 is 1.81 bits per heavy atom. The first-order valence-corrected chi connectivity index (χ1v) is 8.35. The number of rotatable bonds is 3. The van der Waals surface area contributed by atoms with Crippen LogP contribution in [0.1, 0.15) is 28.4 Å². The lowest BCUT2D eigenvalue weighted by atomic mass is 9.99. The average Bonchev–Trinajstić information content (AvgIpc) is 3.00. The number of carbonyl (C=O) groups excluding carboxylic acids is 2. The largest absolute Gasteiger partial charge is 0.512 e. The highest BCUT2D eigenvalue weighted by Crippen LogP contribution is 2.26. The molecule has 1 aliphatic heterocycles. The van der Waals surface area contributed by atoms with Gasteiger partial charge in [0, 0.05) is 21.7 Å². The van der Waals surface area contributed by atoms with Crippen molar-refractivity contribution in [1.82, 2.24) is 0 Å². The minimum Gasteiger partial charge on any atom is -0.512 e. The maximum atomic E-state index is 12.5. The second-order valence-corrected chi connectivity index (χ2v) is 6.15. The number of allylic oxidation sites excluding steroid dienone is 1. The Labute approximate surface area is 160 Å². The normalized spacial score (nSPS) is 15.1. The molecule has 6 nitrogen and oxygen atoms in total. The Morgan fingerprint density at radius 1 is 1.11 bits per heavy atom. The van der Waals surface area contributed by atoms with E-state index in [1.807, 2.05) is 0 Å². The van der Waals surface area contributed by atoms with Gasteiger partial charge in [-0.15, -0.1) is 0 Å².